The smallest absolute Gasteiger partial charge is 0.234 e. The molecule has 12 heavy (non-hydrogen) atoms. The number of amides is 1. The number of Topliss-reactive ketones (excluding diaryl/α,β-unsaturated/α-hetero) is 1. The maximum absolute atomic E-state index is 11.0. The Morgan fingerprint density at radius 3 is 2.92 bits per heavy atom. The molecule has 1 N–H and O–H groups in total. The van der Waals surface area contributed by atoms with Crippen molar-refractivity contribution in [2.45, 2.75) is 19.9 Å². The molecule has 1 aliphatic rings. The van der Waals surface area contributed by atoms with Gasteiger partial charge in [0.05, 0.1) is 13.1 Å². The molecule has 1 amide bonds. The molecule has 0 aromatic rings. The van der Waals surface area contributed by atoms with Crippen LogP contribution in [0, 0.1) is 0 Å². The molecule has 68 valence electrons. The van der Waals surface area contributed by atoms with Crippen molar-refractivity contribution in [3.63, 3.8) is 0 Å². The second-order valence-electron chi connectivity index (χ2n) is 3.34. The number of piperazine rings is 1. The van der Waals surface area contributed by atoms with Crippen molar-refractivity contribution in [1.82, 2.24) is 10.2 Å². The molecule has 0 radical (unpaired) electrons. The maximum atomic E-state index is 11.0. The minimum atomic E-state index is 0.00926. The second-order valence-corrected chi connectivity index (χ2v) is 3.34. The standard InChI is InChI=1S/C8H14N2O2/c1-6-3-10(4-7(2)11)5-8(12)9-6/h6H,3-5H2,1-2H3,(H,9,12). The summed E-state index contributed by atoms with van der Waals surface area (Å²) in [5.41, 5.74) is 0. The number of carbonyl (C=O) groups excluding carboxylic acids is 2. The van der Waals surface area contributed by atoms with Gasteiger partial charge in [-0.15, -0.1) is 0 Å². The molecule has 1 saturated heterocycles. The van der Waals surface area contributed by atoms with Gasteiger partial charge in [0.15, 0.2) is 0 Å². The van der Waals surface area contributed by atoms with Gasteiger partial charge in [0.25, 0.3) is 0 Å². The van der Waals surface area contributed by atoms with Crippen molar-refractivity contribution in [2.75, 3.05) is 19.6 Å². The Hall–Kier alpha value is -0.900. The van der Waals surface area contributed by atoms with Crippen molar-refractivity contribution in [2.24, 2.45) is 0 Å². The summed E-state index contributed by atoms with van der Waals surface area (Å²) in [5, 5.41) is 2.79. The highest BCUT2D eigenvalue weighted by Gasteiger charge is 2.21. The summed E-state index contributed by atoms with van der Waals surface area (Å²) >= 11 is 0. The van der Waals surface area contributed by atoms with Gasteiger partial charge in [-0.2, -0.15) is 0 Å². The van der Waals surface area contributed by atoms with Crippen LogP contribution in [0.5, 0.6) is 0 Å². The molecule has 0 bridgehead atoms. The molecular weight excluding hydrogens is 156 g/mol. The zero-order valence-corrected chi connectivity index (χ0v) is 7.46. The van der Waals surface area contributed by atoms with Gasteiger partial charge < -0.3 is 5.32 Å². The van der Waals surface area contributed by atoms with Crippen molar-refractivity contribution in [1.29, 1.82) is 0 Å². The van der Waals surface area contributed by atoms with Crippen LogP contribution in [-0.2, 0) is 9.59 Å². The number of hydrogen-bond donors (Lipinski definition) is 1. The molecule has 0 aromatic carbocycles. The first-order valence-electron chi connectivity index (χ1n) is 4.09. The fraction of sp³-hybridized carbons (Fsp3) is 0.750. The molecule has 0 saturated carbocycles. The van der Waals surface area contributed by atoms with E-state index in [1.165, 1.54) is 6.92 Å². The lowest BCUT2D eigenvalue weighted by Crippen LogP contribution is -2.53. The van der Waals surface area contributed by atoms with Crippen molar-refractivity contribution < 1.29 is 9.59 Å². The normalized spacial score (nSPS) is 25.2. The van der Waals surface area contributed by atoms with Crippen LogP contribution in [0.15, 0.2) is 0 Å². The molecule has 1 atom stereocenters. The van der Waals surface area contributed by atoms with Gasteiger partial charge in [0.2, 0.25) is 5.91 Å². The fourth-order valence-electron chi connectivity index (χ4n) is 1.46. The first kappa shape index (κ1) is 9.19. The summed E-state index contributed by atoms with van der Waals surface area (Å²) in [5.74, 6) is 0.118. The predicted octanol–water partition coefficient (Wildman–Crippen LogP) is -0.604. The molecule has 1 aliphatic heterocycles. The largest absolute Gasteiger partial charge is 0.351 e. The molecule has 0 aromatic heterocycles. The average molecular weight is 170 g/mol. The number of ketones is 1. The van der Waals surface area contributed by atoms with E-state index < -0.39 is 0 Å². The highest BCUT2D eigenvalue weighted by molar-refractivity contribution is 5.81. The van der Waals surface area contributed by atoms with Crippen LogP contribution in [0.3, 0.4) is 0 Å². The van der Waals surface area contributed by atoms with Crippen LogP contribution in [0.2, 0.25) is 0 Å². The number of carbonyl (C=O) groups is 2. The molecular formula is C8H14N2O2. The van der Waals surface area contributed by atoms with Crippen LogP contribution in [0.4, 0.5) is 0 Å². The lowest BCUT2D eigenvalue weighted by molar-refractivity contribution is -0.126. The SMILES string of the molecule is CC(=O)CN1CC(=O)NC(C)C1. The molecule has 4 nitrogen and oxygen atoms in total. The third kappa shape index (κ3) is 2.62. The van der Waals surface area contributed by atoms with Crippen LogP contribution >= 0.6 is 0 Å². The fourth-order valence-corrected chi connectivity index (χ4v) is 1.46. The lowest BCUT2D eigenvalue weighted by atomic mass is 10.2. The van der Waals surface area contributed by atoms with E-state index in [1.807, 2.05) is 11.8 Å². The Morgan fingerprint density at radius 1 is 1.75 bits per heavy atom. The number of nitrogens with zero attached hydrogens (tertiary/aromatic N) is 1. The highest BCUT2D eigenvalue weighted by atomic mass is 16.2. The van der Waals surface area contributed by atoms with Crippen molar-refractivity contribution >= 4 is 11.7 Å². The summed E-state index contributed by atoms with van der Waals surface area (Å²) in [4.78, 5) is 23.6. The summed E-state index contributed by atoms with van der Waals surface area (Å²) < 4.78 is 0. The van der Waals surface area contributed by atoms with Gasteiger partial charge in [-0.1, -0.05) is 0 Å². The topological polar surface area (TPSA) is 49.4 Å². The zero-order valence-electron chi connectivity index (χ0n) is 7.46. The van der Waals surface area contributed by atoms with E-state index >= 15 is 0 Å². The Balaban J connectivity index is 2.44. The minimum Gasteiger partial charge on any atom is -0.351 e. The third-order valence-corrected chi connectivity index (χ3v) is 1.75. The predicted molar refractivity (Wildman–Crippen MR) is 44.7 cm³/mol. The Labute approximate surface area is 71.9 Å². The molecule has 1 fully saturated rings. The monoisotopic (exact) mass is 170 g/mol. The van der Waals surface area contributed by atoms with E-state index in [4.69, 9.17) is 0 Å². The van der Waals surface area contributed by atoms with E-state index in [2.05, 4.69) is 5.32 Å². The number of rotatable bonds is 2. The van der Waals surface area contributed by atoms with Crippen LogP contribution in [0.25, 0.3) is 0 Å². The summed E-state index contributed by atoms with van der Waals surface area (Å²) in [6.07, 6.45) is 0. The zero-order chi connectivity index (χ0) is 9.14. The van der Waals surface area contributed by atoms with Gasteiger partial charge in [0, 0.05) is 12.6 Å². The van der Waals surface area contributed by atoms with Crippen LogP contribution in [0.1, 0.15) is 13.8 Å². The van der Waals surface area contributed by atoms with Crippen LogP contribution < -0.4 is 5.32 Å². The quantitative estimate of drug-likeness (QED) is 0.602. The van der Waals surface area contributed by atoms with E-state index in [1.54, 1.807) is 0 Å². The Bertz CT molecular complexity index is 201. The van der Waals surface area contributed by atoms with Gasteiger partial charge >= 0.3 is 0 Å². The van der Waals surface area contributed by atoms with Crippen molar-refractivity contribution in [3.05, 3.63) is 0 Å². The third-order valence-electron chi connectivity index (χ3n) is 1.75. The second kappa shape index (κ2) is 3.67. The molecule has 0 spiro atoms. The molecule has 0 aliphatic carbocycles. The summed E-state index contributed by atoms with van der Waals surface area (Å²) in [6.45, 7) is 4.98. The summed E-state index contributed by atoms with van der Waals surface area (Å²) in [6, 6.07) is 0.158. The van der Waals surface area contributed by atoms with Gasteiger partial charge in [-0.3, -0.25) is 14.5 Å². The van der Waals surface area contributed by atoms with E-state index in [0.29, 0.717) is 13.1 Å². The van der Waals surface area contributed by atoms with Crippen molar-refractivity contribution in [3.8, 4) is 0 Å². The Kier molecular flexibility index (Phi) is 2.81. The summed E-state index contributed by atoms with van der Waals surface area (Å²) in [7, 11) is 0. The molecule has 1 heterocycles. The van der Waals surface area contributed by atoms with E-state index in [-0.39, 0.29) is 17.7 Å². The van der Waals surface area contributed by atoms with E-state index in [9.17, 15) is 9.59 Å². The molecule has 4 heteroatoms. The van der Waals surface area contributed by atoms with Gasteiger partial charge in [-0.05, 0) is 13.8 Å². The first-order chi connectivity index (χ1) is 5.58. The maximum Gasteiger partial charge on any atom is 0.234 e. The van der Waals surface area contributed by atoms with E-state index in [0.717, 1.165) is 6.54 Å². The molecule has 1 rings (SSSR count). The molecule has 1 unspecified atom stereocenters. The number of nitrogens with one attached hydrogen (secondary N) is 1. The van der Waals surface area contributed by atoms with Gasteiger partial charge in [0.1, 0.15) is 5.78 Å². The number of hydrogen-bond acceptors (Lipinski definition) is 3. The average Bonchev–Trinajstić information content (AvgIpc) is 1.81. The van der Waals surface area contributed by atoms with Gasteiger partial charge in [-0.25, -0.2) is 0 Å². The first-order valence-corrected chi connectivity index (χ1v) is 4.09. The lowest BCUT2D eigenvalue weighted by Gasteiger charge is -2.30. The minimum absolute atomic E-state index is 0.00926. The Morgan fingerprint density at radius 2 is 2.42 bits per heavy atom. The van der Waals surface area contributed by atoms with Crippen LogP contribution in [-0.4, -0.2) is 42.3 Å². The highest BCUT2D eigenvalue weighted by Crippen LogP contribution is 1.98.